The van der Waals surface area contributed by atoms with Crippen LogP contribution in [0.5, 0.6) is 0 Å². The Hall–Kier alpha value is -0.510. The molecule has 0 spiro atoms. The largest absolute Gasteiger partial charge is 0.416 e. The highest BCUT2D eigenvalue weighted by molar-refractivity contribution is 9.09. The van der Waals surface area contributed by atoms with Crippen molar-refractivity contribution in [1.82, 2.24) is 0 Å². The number of hydrogen-bond donors (Lipinski definition) is 0. The van der Waals surface area contributed by atoms with E-state index < -0.39 is 11.7 Å². The van der Waals surface area contributed by atoms with E-state index in [4.69, 9.17) is 0 Å². The van der Waals surface area contributed by atoms with Gasteiger partial charge in [0.25, 0.3) is 0 Å². The molecule has 1 aromatic carbocycles. The normalized spacial score (nSPS) is 14.1. The second-order valence-electron chi connectivity index (χ2n) is 3.18. The number of rotatable bonds is 2. The van der Waals surface area contributed by atoms with Crippen molar-refractivity contribution < 1.29 is 13.2 Å². The molecule has 4 heteroatoms. The molecule has 0 fully saturated rings. The molecule has 1 atom stereocenters. The summed E-state index contributed by atoms with van der Waals surface area (Å²) in [7, 11) is 0. The van der Waals surface area contributed by atoms with Crippen LogP contribution < -0.4 is 0 Å². The molecule has 0 aliphatic rings. The van der Waals surface area contributed by atoms with Crippen LogP contribution in [0.4, 0.5) is 13.2 Å². The Morgan fingerprint density at radius 2 is 1.71 bits per heavy atom. The molecule has 0 amide bonds. The summed E-state index contributed by atoms with van der Waals surface area (Å²) in [6, 6.07) is 5.26. The van der Waals surface area contributed by atoms with Crippen LogP contribution in [0, 0.1) is 0 Å². The highest BCUT2D eigenvalue weighted by Crippen LogP contribution is 2.29. The van der Waals surface area contributed by atoms with Crippen LogP contribution in [0.2, 0.25) is 0 Å². The van der Waals surface area contributed by atoms with Gasteiger partial charge in [0, 0.05) is 4.83 Å². The highest BCUT2D eigenvalue weighted by atomic mass is 79.9. The van der Waals surface area contributed by atoms with Gasteiger partial charge in [0.1, 0.15) is 0 Å². The van der Waals surface area contributed by atoms with Crippen LogP contribution in [0.15, 0.2) is 24.3 Å². The van der Waals surface area contributed by atoms with E-state index in [-0.39, 0.29) is 4.83 Å². The van der Waals surface area contributed by atoms with E-state index in [2.05, 4.69) is 15.9 Å². The fraction of sp³-hybridized carbons (Fsp3) is 0.400. The van der Waals surface area contributed by atoms with Crippen molar-refractivity contribution in [2.75, 3.05) is 0 Å². The lowest BCUT2D eigenvalue weighted by atomic mass is 10.1. The maximum atomic E-state index is 12.2. The first-order chi connectivity index (χ1) is 6.39. The summed E-state index contributed by atoms with van der Waals surface area (Å²) >= 11 is 3.35. The van der Waals surface area contributed by atoms with Gasteiger partial charge in [0.2, 0.25) is 0 Å². The molecule has 0 unspecified atom stereocenters. The summed E-state index contributed by atoms with van der Waals surface area (Å²) in [5.41, 5.74) is 0.311. The molecule has 0 heterocycles. The molecule has 0 saturated carbocycles. The Labute approximate surface area is 89.3 Å². The maximum absolute atomic E-state index is 12.2. The predicted molar refractivity (Wildman–Crippen MR) is 53.5 cm³/mol. The minimum absolute atomic E-state index is 0.277. The van der Waals surface area contributed by atoms with Gasteiger partial charge in [-0.05, 0) is 24.1 Å². The van der Waals surface area contributed by atoms with Crippen LogP contribution in [-0.4, -0.2) is 4.83 Å². The molecule has 1 aromatic rings. The Bertz CT molecular complexity index is 287. The van der Waals surface area contributed by atoms with Crippen LogP contribution in [0.1, 0.15) is 18.1 Å². The molecular formula is C10H10BrF3. The molecule has 0 aliphatic heterocycles. The lowest BCUT2D eigenvalue weighted by molar-refractivity contribution is -0.137. The van der Waals surface area contributed by atoms with E-state index in [0.29, 0.717) is 0 Å². The van der Waals surface area contributed by atoms with Crippen LogP contribution in [0.3, 0.4) is 0 Å². The third kappa shape index (κ3) is 3.33. The minimum atomic E-state index is -4.24. The quantitative estimate of drug-likeness (QED) is 0.709. The van der Waals surface area contributed by atoms with Gasteiger partial charge in [-0.15, -0.1) is 0 Å². The molecule has 78 valence electrons. The van der Waals surface area contributed by atoms with Crippen LogP contribution >= 0.6 is 15.9 Å². The van der Waals surface area contributed by atoms with E-state index in [0.717, 1.165) is 24.1 Å². The first-order valence-electron chi connectivity index (χ1n) is 4.20. The third-order valence-electron chi connectivity index (χ3n) is 1.80. The molecule has 0 nitrogen and oxygen atoms in total. The summed E-state index contributed by atoms with van der Waals surface area (Å²) in [4.78, 5) is 0.277. The summed E-state index contributed by atoms with van der Waals surface area (Å²) in [6.07, 6.45) is -3.50. The average molecular weight is 267 g/mol. The zero-order valence-electron chi connectivity index (χ0n) is 7.61. The van der Waals surface area contributed by atoms with Crippen molar-refractivity contribution in [2.24, 2.45) is 0 Å². The standard InChI is InChI=1S/C10H10BrF3/c1-7(11)6-8-2-4-9(5-3-8)10(12,13)14/h2-5,7H,6H2,1H3/t7-/m0/s1. The van der Waals surface area contributed by atoms with Crippen molar-refractivity contribution in [2.45, 2.75) is 24.3 Å². The zero-order chi connectivity index (χ0) is 10.8. The van der Waals surface area contributed by atoms with Gasteiger partial charge in [-0.25, -0.2) is 0 Å². The molecule has 14 heavy (non-hydrogen) atoms. The van der Waals surface area contributed by atoms with Gasteiger partial charge in [-0.2, -0.15) is 13.2 Å². The van der Waals surface area contributed by atoms with Crippen LogP contribution in [-0.2, 0) is 12.6 Å². The molecule has 0 aliphatic carbocycles. The average Bonchev–Trinajstić information content (AvgIpc) is 2.02. The van der Waals surface area contributed by atoms with Crippen molar-refractivity contribution >= 4 is 15.9 Å². The van der Waals surface area contributed by atoms with Gasteiger partial charge in [0.05, 0.1) is 5.56 Å². The number of hydrogen-bond acceptors (Lipinski definition) is 0. The summed E-state index contributed by atoms with van der Waals surface area (Å²) < 4.78 is 36.5. The number of alkyl halides is 4. The predicted octanol–water partition coefficient (Wildman–Crippen LogP) is 4.03. The molecule has 0 bridgehead atoms. The molecule has 0 aromatic heterocycles. The van der Waals surface area contributed by atoms with Crippen molar-refractivity contribution in [3.63, 3.8) is 0 Å². The van der Waals surface area contributed by atoms with Crippen molar-refractivity contribution in [3.05, 3.63) is 35.4 Å². The Morgan fingerprint density at radius 3 is 2.07 bits per heavy atom. The lowest BCUT2D eigenvalue weighted by Gasteiger charge is -2.08. The monoisotopic (exact) mass is 266 g/mol. The van der Waals surface area contributed by atoms with Gasteiger partial charge in [-0.3, -0.25) is 0 Å². The summed E-state index contributed by atoms with van der Waals surface area (Å²) in [5.74, 6) is 0. The zero-order valence-corrected chi connectivity index (χ0v) is 9.19. The van der Waals surface area contributed by atoms with Crippen molar-refractivity contribution in [3.8, 4) is 0 Å². The molecular weight excluding hydrogens is 257 g/mol. The van der Waals surface area contributed by atoms with Crippen molar-refractivity contribution in [1.29, 1.82) is 0 Å². The molecule has 1 rings (SSSR count). The third-order valence-corrected chi connectivity index (χ3v) is 2.12. The Morgan fingerprint density at radius 1 is 1.21 bits per heavy atom. The van der Waals surface area contributed by atoms with E-state index >= 15 is 0 Å². The SMILES string of the molecule is C[C@H](Br)Cc1ccc(C(F)(F)F)cc1. The Balaban J connectivity index is 2.79. The van der Waals surface area contributed by atoms with Crippen LogP contribution in [0.25, 0.3) is 0 Å². The highest BCUT2D eigenvalue weighted by Gasteiger charge is 2.29. The van der Waals surface area contributed by atoms with Gasteiger partial charge in [0.15, 0.2) is 0 Å². The van der Waals surface area contributed by atoms with Gasteiger partial charge in [-0.1, -0.05) is 35.0 Å². The van der Waals surface area contributed by atoms with E-state index in [9.17, 15) is 13.2 Å². The fourth-order valence-corrected chi connectivity index (χ4v) is 1.53. The van der Waals surface area contributed by atoms with Gasteiger partial charge >= 0.3 is 6.18 Å². The summed E-state index contributed by atoms with van der Waals surface area (Å²) in [6.45, 7) is 1.96. The second-order valence-corrected chi connectivity index (χ2v) is 4.74. The Kier molecular flexibility index (Phi) is 3.59. The number of benzene rings is 1. The molecule has 0 saturated heterocycles. The fourth-order valence-electron chi connectivity index (χ4n) is 1.15. The maximum Gasteiger partial charge on any atom is 0.416 e. The van der Waals surface area contributed by atoms with Gasteiger partial charge < -0.3 is 0 Å². The molecule has 0 N–H and O–H groups in total. The number of halogens is 4. The first kappa shape index (κ1) is 11.6. The topological polar surface area (TPSA) is 0 Å². The van der Waals surface area contributed by atoms with E-state index in [1.165, 1.54) is 12.1 Å². The smallest absolute Gasteiger partial charge is 0.166 e. The van der Waals surface area contributed by atoms with E-state index in [1.807, 2.05) is 6.92 Å². The summed E-state index contributed by atoms with van der Waals surface area (Å²) in [5, 5.41) is 0. The first-order valence-corrected chi connectivity index (χ1v) is 5.11. The molecule has 0 radical (unpaired) electrons. The second kappa shape index (κ2) is 4.34. The lowest BCUT2D eigenvalue weighted by Crippen LogP contribution is -2.05. The minimum Gasteiger partial charge on any atom is -0.166 e. The van der Waals surface area contributed by atoms with E-state index in [1.54, 1.807) is 0 Å².